The Balaban J connectivity index is 1.66. The molecule has 0 aliphatic carbocycles. The summed E-state index contributed by atoms with van der Waals surface area (Å²) in [4.78, 5) is 17.9. The van der Waals surface area contributed by atoms with Crippen molar-refractivity contribution < 1.29 is 9.47 Å². The molecule has 0 aliphatic heterocycles. The minimum Gasteiger partial charge on any atom is -0.493 e. The van der Waals surface area contributed by atoms with Gasteiger partial charge in [-0.2, -0.15) is 9.78 Å². The lowest BCUT2D eigenvalue weighted by molar-refractivity contribution is 0.282. The third-order valence-electron chi connectivity index (χ3n) is 5.29. The van der Waals surface area contributed by atoms with Gasteiger partial charge in [0.25, 0.3) is 5.56 Å². The zero-order valence-electron chi connectivity index (χ0n) is 19.4. The first-order chi connectivity index (χ1) is 17.3. The highest BCUT2D eigenvalue weighted by atomic mass is 79.9. The van der Waals surface area contributed by atoms with E-state index in [1.807, 2.05) is 31.2 Å². The predicted molar refractivity (Wildman–Crippen MR) is 152 cm³/mol. The molecule has 0 saturated heterocycles. The SMILES string of the molecule is CCCc1nc2ccc(Br)cc2c(=O)n1N=Cc1cc(Br)c(OCc2ccc(Cl)c(Cl)c2)c(OC)c1. The highest BCUT2D eigenvalue weighted by Crippen LogP contribution is 2.37. The van der Waals surface area contributed by atoms with Crippen LogP contribution in [-0.4, -0.2) is 23.0 Å². The summed E-state index contributed by atoms with van der Waals surface area (Å²) in [5, 5.41) is 5.93. The van der Waals surface area contributed by atoms with Crippen molar-refractivity contribution in [3.8, 4) is 11.5 Å². The highest BCUT2D eigenvalue weighted by molar-refractivity contribution is 9.10. The quantitative estimate of drug-likeness (QED) is 0.183. The Hall–Kier alpha value is -2.39. The number of aryl methyl sites for hydroxylation is 1. The number of hydrogen-bond acceptors (Lipinski definition) is 5. The number of fused-ring (bicyclic) bond motifs is 1. The summed E-state index contributed by atoms with van der Waals surface area (Å²) in [5.41, 5.74) is 1.99. The van der Waals surface area contributed by atoms with Crippen LogP contribution in [0.25, 0.3) is 10.9 Å². The molecule has 0 N–H and O–H groups in total. The van der Waals surface area contributed by atoms with Crippen LogP contribution in [-0.2, 0) is 13.0 Å². The summed E-state index contributed by atoms with van der Waals surface area (Å²) in [7, 11) is 1.56. The van der Waals surface area contributed by atoms with Crippen molar-refractivity contribution in [1.82, 2.24) is 9.66 Å². The fourth-order valence-electron chi connectivity index (χ4n) is 3.56. The second-order valence-electron chi connectivity index (χ2n) is 7.87. The number of aromatic nitrogens is 2. The Labute approximate surface area is 235 Å². The number of rotatable bonds is 8. The van der Waals surface area contributed by atoms with Gasteiger partial charge in [0.1, 0.15) is 12.4 Å². The second kappa shape index (κ2) is 11.8. The molecule has 1 aromatic heterocycles. The van der Waals surface area contributed by atoms with Crippen molar-refractivity contribution in [2.45, 2.75) is 26.4 Å². The van der Waals surface area contributed by atoms with E-state index in [-0.39, 0.29) is 12.2 Å². The Kier molecular flexibility index (Phi) is 8.72. The number of halogens is 4. The predicted octanol–water partition coefficient (Wildman–Crippen LogP) is 7.65. The first-order valence-electron chi connectivity index (χ1n) is 11.0. The fourth-order valence-corrected chi connectivity index (χ4v) is 4.82. The van der Waals surface area contributed by atoms with Crippen LogP contribution in [0.3, 0.4) is 0 Å². The van der Waals surface area contributed by atoms with E-state index in [4.69, 9.17) is 32.7 Å². The van der Waals surface area contributed by atoms with Crippen LogP contribution in [0.15, 0.2) is 67.4 Å². The Morgan fingerprint density at radius 2 is 1.89 bits per heavy atom. The molecule has 6 nitrogen and oxygen atoms in total. The van der Waals surface area contributed by atoms with Crippen molar-refractivity contribution in [2.24, 2.45) is 5.10 Å². The summed E-state index contributed by atoms with van der Waals surface area (Å²) in [6.45, 7) is 2.30. The van der Waals surface area contributed by atoms with E-state index in [0.29, 0.717) is 54.7 Å². The zero-order chi connectivity index (χ0) is 25.8. The molecule has 0 radical (unpaired) electrons. The summed E-state index contributed by atoms with van der Waals surface area (Å²) in [5.74, 6) is 1.63. The molecule has 4 rings (SSSR count). The molecular weight excluding hydrogens is 633 g/mol. The van der Waals surface area contributed by atoms with E-state index in [1.165, 1.54) is 4.68 Å². The van der Waals surface area contributed by atoms with E-state index in [2.05, 4.69) is 41.9 Å². The first-order valence-corrected chi connectivity index (χ1v) is 13.3. The summed E-state index contributed by atoms with van der Waals surface area (Å²) in [6.07, 6.45) is 3.05. The van der Waals surface area contributed by atoms with E-state index in [0.717, 1.165) is 16.5 Å². The van der Waals surface area contributed by atoms with Crippen molar-refractivity contribution in [2.75, 3.05) is 7.11 Å². The van der Waals surface area contributed by atoms with Gasteiger partial charge in [-0.05, 0) is 75.9 Å². The minimum atomic E-state index is -0.228. The maximum atomic E-state index is 13.2. The van der Waals surface area contributed by atoms with Gasteiger partial charge in [-0.25, -0.2) is 4.98 Å². The average molecular weight is 654 g/mol. The number of ether oxygens (including phenoxy) is 2. The lowest BCUT2D eigenvalue weighted by atomic mass is 10.2. The second-order valence-corrected chi connectivity index (χ2v) is 10.5. The van der Waals surface area contributed by atoms with Gasteiger partial charge in [0, 0.05) is 10.9 Å². The van der Waals surface area contributed by atoms with E-state index in [9.17, 15) is 4.79 Å². The molecule has 0 amide bonds. The molecule has 0 fully saturated rings. The molecule has 1 heterocycles. The standard InChI is InChI=1S/C26H21Br2Cl2N3O3/c1-3-4-24-32-22-8-6-17(27)12-18(22)26(34)33(24)31-13-16-9-19(28)25(23(11-16)35-2)36-14-15-5-7-20(29)21(30)10-15/h5-13H,3-4,14H2,1-2H3. The molecular formula is C26H21Br2Cl2N3O3. The van der Waals surface area contributed by atoms with Crippen molar-refractivity contribution in [1.29, 1.82) is 0 Å². The Bertz CT molecular complexity index is 1520. The molecule has 0 spiro atoms. The Morgan fingerprint density at radius 3 is 2.61 bits per heavy atom. The van der Waals surface area contributed by atoms with Crippen molar-refractivity contribution in [3.63, 3.8) is 0 Å². The molecule has 186 valence electrons. The summed E-state index contributed by atoms with van der Waals surface area (Å²) < 4.78 is 14.4. The number of benzene rings is 3. The molecule has 4 aromatic rings. The van der Waals surface area contributed by atoms with Crippen LogP contribution >= 0.6 is 55.1 Å². The molecule has 0 aliphatic rings. The number of methoxy groups -OCH3 is 1. The smallest absolute Gasteiger partial charge is 0.282 e. The molecule has 0 unspecified atom stereocenters. The molecule has 36 heavy (non-hydrogen) atoms. The topological polar surface area (TPSA) is 65.7 Å². The van der Waals surface area contributed by atoms with Gasteiger partial charge >= 0.3 is 0 Å². The minimum absolute atomic E-state index is 0.228. The maximum absolute atomic E-state index is 13.2. The molecule has 10 heteroatoms. The summed E-state index contributed by atoms with van der Waals surface area (Å²) in [6, 6.07) is 14.4. The van der Waals surface area contributed by atoms with Gasteiger partial charge < -0.3 is 9.47 Å². The fraction of sp³-hybridized carbons (Fsp3) is 0.192. The van der Waals surface area contributed by atoms with Gasteiger partial charge in [-0.15, -0.1) is 0 Å². The summed E-state index contributed by atoms with van der Waals surface area (Å²) >= 11 is 19.1. The molecule has 0 saturated carbocycles. The third-order valence-corrected chi connectivity index (χ3v) is 7.11. The van der Waals surface area contributed by atoms with E-state index >= 15 is 0 Å². The first kappa shape index (κ1) is 26.7. The van der Waals surface area contributed by atoms with Gasteiger partial charge in [0.15, 0.2) is 11.5 Å². The van der Waals surface area contributed by atoms with Crippen LogP contribution in [0.2, 0.25) is 10.0 Å². The maximum Gasteiger partial charge on any atom is 0.282 e. The normalized spacial score (nSPS) is 11.4. The van der Waals surface area contributed by atoms with E-state index < -0.39 is 0 Å². The van der Waals surface area contributed by atoms with Gasteiger partial charge in [0.05, 0.1) is 38.7 Å². The Morgan fingerprint density at radius 1 is 1.08 bits per heavy atom. The van der Waals surface area contributed by atoms with Gasteiger partial charge in [-0.1, -0.05) is 52.1 Å². The molecule has 0 bridgehead atoms. The van der Waals surface area contributed by atoms with Crippen LogP contribution in [0.4, 0.5) is 0 Å². The molecule has 0 atom stereocenters. The lowest BCUT2D eigenvalue weighted by Crippen LogP contribution is -2.22. The average Bonchev–Trinajstić information content (AvgIpc) is 2.85. The van der Waals surface area contributed by atoms with Crippen LogP contribution in [0, 0.1) is 0 Å². The number of nitrogens with zero attached hydrogens (tertiary/aromatic N) is 3. The lowest BCUT2D eigenvalue weighted by Gasteiger charge is -2.14. The zero-order valence-corrected chi connectivity index (χ0v) is 24.1. The monoisotopic (exact) mass is 651 g/mol. The largest absolute Gasteiger partial charge is 0.493 e. The third kappa shape index (κ3) is 5.94. The van der Waals surface area contributed by atoms with Crippen LogP contribution in [0.1, 0.15) is 30.3 Å². The van der Waals surface area contributed by atoms with Gasteiger partial charge in [0.2, 0.25) is 0 Å². The van der Waals surface area contributed by atoms with Crippen molar-refractivity contribution in [3.05, 3.63) is 94.8 Å². The van der Waals surface area contributed by atoms with Crippen LogP contribution in [0.5, 0.6) is 11.5 Å². The van der Waals surface area contributed by atoms with Crippen LogP contribution < -0.4 is 15.0 Å². The molecule has 3 aromatic carbocycles. The van der Waals surface area contributed by atoms with Crippen molar-refractivity contribution >= 4 is 72.2 Å². The highest BCUT2D eigenvalue weighted by Gasteiger charge is 2.14. The van der Waals surface area contributed by atoms with Gasteiger partial charge in [-0.3, -0.25) is 4.79 Å². The number of hydrogen-bond donors (Lipinski definition) is 0. The van der Waals surface area contributed by atoms with E-state index in [1.54, 1.807) is 37.6 Å².